The maximum absolute atomic E-state index is 16.1. The first kappa shape index (κ1) is 46.4. The number of rotatable bonds is 13. The van der Waals surface area contributed by atoms with Crippen LogP contribution in [0.25, 0.3) is 10.9 Å². The van der Waals surface area contributed by atoms with Crippen molar-refractivity contribution in [3.05, 3.63) is 33.9 Å². The molecule has 2 aromatic rings. The molecule has 2 atom stereocenters. The third-order valence-corrected chi connectivity index (χ3v) is 9.13. The van der Waals surface area contributed by atoms with Gasteiger partial charge in [0.15, 0.2) is 17.9 Å². The van der Waals surface area contributed by atoms with E-state index >= 15 is 4.39 Å². The minimum absolute atomic E-state index is 0.0743. The number of nitrogens with one attached hydrogen (secondary N) is 4. The van der Waals surface area contributed by atoms with E-state index in [9.17, 15) is 33.9 Å². The lowest BCUT2D eigenvalue weighted by molar-refractivity contribution is -0.136. The monoisotopic (exact) mass is 833 g/mol. The predicted octanol–water partition coefficient (Wildman–Crippen LogP) is 4.82. The Morgan fingerprint density at radius 2 is 1.42 bits per heavy atom. The van der Waals surface area contributed by atoms with E-state index < -0.39 is 82.1 Å². The van der Waals surface area contributed by atoms with Crippen molar-refractivity contribution in [2.75, 3.05) is 38.2 Å². The van der Waals surface area contributed by atoms with Crippen molar-refractivity contribution in [2.45, 2.75) is 136 Å². The molecule has 2 unspecified atom stereocenters. The van der Waals surface area contributed by atoms with Gasteiger partial charge in [0.1, 0.15) is 34.1 Å². The maximum Gasteiger partial charge on any atom is 0.410 e. The highest BCUT2D eigenvalue weighted by molar-refractivity contribution is 5.97. The predicted molar refractivity (Wildman–Crippen MR) is 216 cm³/mol. The molecular weight excluding hydrogens is 773 g/mol. The summed E-state index contributed by atoms with van der Waals surface area (Å²) in [6.45, 7) is 17.6. The number of amides is 4. The van der Waals surface area contributed by atoms with Crippen molar-refractivity contribution in [1.82, 2.24) is 30.7 Å². The van der Waals surface area contributed by atoms with E-state index in [-0.39, 0.29) is 61.9 Å². The number of hydrogen-bond acceptors (Lipinski definition) is 12. The molecule has 1 aromatic heterocycles. The van der Waals surface area contributed by atoms with Crippen molar-refractivity contribution < 1.29 is 52.4 Å². The third-order valence-electron chi connectivity index (χ3n) is 9.13. The zero-order valence-electron chi connectivity index (χ0n) is 35.9. The van der Waals surface area contributed by atoms with Crippen molar-refractivity contribution in [3.8, 4) is 5.75 Å². The number of alkyl carbamates (subject to hydrolysis) is 3. The van der Waals surface area contributed by atoms with Gasteiger partial charge in [0.25, 0.3) is 0 Å². The Labute approximate surface area is 343 Å². The number of carboxylic acid groups (broad SMARTS) is 1. The highest BCUT2D eigenvalue weighted by atomic mass is 19.1. The van der Waals surface area contributed by atoms with Gasteiger partial charge in [-0.1, -0.05) is 0 Å². The number of halogens is 1. The van der Waals surface area contributed by atoms with E-state index in [1.165, 1.54) is 13.3 Å². The minimum Gasteiger partial charge on any atom is -0.492 e. The summed E-state index contributed by atoms with van der Waals surface area (Å²) in [5.41, 5.74) is -3.37. The maximum atomic E-state index is 16.1. The first-order valence-corrected chi connectivity index (χ1v) is 19.7. The number of carbonyl (C=O) groups excluding carboxylic acids is 4. The van der Waals surface area contributed by atoms with Crippen molar-refractivity contribution >= 4 is 46.7 Å². The molecule has 1 aliphatic heterocycles. The molecule has 4 amide bonds. The Hall–Kier alpha value is -5.33. The number of carboxylic acids is 1. The van der Waals surface area contributed by atoms with E-state index in [4.69, 9.17) is 18.9 Å². The van der Waals surface area contributed by atoms with Gasteiger partial charge in [-0.05, 0) is 108 Å². The minimum atomic E-state index is -1.41. The molecular formula is C40H60FN7O11. The summed E-state index contributed by atoms with van der Waals surface area (Å²) in [5.74, 6) is -2.51. The molecule has 1 saturated carbocycles. The molecule has 2 aliphatic rings. The summed E-state index contributed by atoms with van der Waals surface area (Å²) < 4.78 is 39.7. The van der Waals surface area contributed by atoms with E-state index in [2.05, 4.69) is 21.3 Å². The molecule has 0 spiro atoms. The lowest BCUT2D eigenvalue weighted by Crippen LogP contribution is -2.59. The van der Waals surface area contributed by atoms with Crippen LogP contribution in [0.3, 0.4) is 0 Å². The van der Waals surface area contributed by atoms with Crippen LogP contribution in [0, 0.1) is 5.82 Å². The van der Waals surface area contributed by atoms with Gasteiger partial charge in [-0.2, -0.15) is 0 Å². The number of hydrogen-bond donors (Lipinski definition) is 5. The first-order valence-electron chi connectivity index (χ1n) is 19.7. The van der Waals surface area contributed by atoms with E-state index in [1.807, 2.05) is 0 Å². The largest absolute Gasteiger partial charge is 0.492 e. The standard InChI is InChI=1S/C40H60FN7O11/c1-22-20-46(29-26(41)19-24-28(31(29)56-11)48(23-14-15-23)21-25(30(24)49)33(51)52)17-18-47(22)32(50)27(43-35(53)57-38(2,3)4)13-12-16-42-34(44-36(54)58-39(5,6)7)45-37(55)59-40(8,9)10/h19,21-23,27,34,42H,12-18,20H2,1-11H3,(H,43,53)(H,44,54)(H,45,55)(H,51,52). The number of methoxy groups -OCH3 is 1. The molecule has 4 rings (SSSR count). The number of carbonyl (C=O) groups is 5. The third kappa shape index (κ3) is 12.8. The Balaban J connectivity index is 1.53. The average molecular weight is 834 g/mol. The molecule has 0 radical (unpaired) electrons. The number of ether oxygens (including phenoxy) is 4. The van der Waals surface area contributed by atoms with Gasteiger partial charge in [0, 0.05) is 37.9 Å². The Bertz CT molecular complexity index is 1930. The van der Waals surface area contributed by atoms with Crippen LogP contribution in [0.15, 0.2) is 17.1 Å². The number of anilines is 1. The number of pyridine rings is 1. The molecule has 18 nitrogen and oxygen atoms in total. The van der Waals surface area contributed by atoms with Crippen LogP contribution >= 0.6 is 0 Å². The van der Waals surface area contributed by atoms with Crippen LogP contribution in [-0.2, 0) is 19.0 Å². The van der Waals surface area contributed by atoms with Gasteiger partial charge >= 0.3 is 24.2 Å². The first-order chi connectivity index (χ1) is 27.3. The summed E-state index contributed by atoms with van der Waals surface area (Å²) >= 11 is 0. The van der Waals surface area contributed by atoms with E-state index in [1.54, 1.807) is 83.6 Å². The van der Waals surface area contributed by atoms with Gasteiger partial charge in [-0.15, -0.1) is 0 Å². The molecule has 2 fully saturated rings. The fourth-order valence-electron chi connectivity index (χ4n) is 6.66. The average Bonchev–Trinajstić information content (AvgIpc) is 3.92. The van der Waals surface area contributed by atoms with Crippen molar-refractivity contribution in [3.63, 3.8) is 0 Å². The Kier molecular flexibility index (Phi) is 14.4. The molecule has 1 saturated heterocycles. The Morgan fingerprint density at radius 1 is 0.881 bits per heavy atom. The second-order valence-electron chi connectivity index (χ2n) is 17.8. The number of aromatic nitrogens is 1. The number of fused-ring (bicyclic) bond motifs is 1. The number of aromatic carboxylic acids is 1. The van der Waals surface area contributed by atoms with Gasteiger partial charge in [0.2, 0.25) is 11.3 Å². The highest BCUT2D eigenvalue weighted by Crippen LogP contribution is 2.44. The molecule has 0 bridgehead atoms. The quantitative estimate of drug-likeness (QED) is 0.104. The number of nitrogens with zero attached hydrogens (tertiary/aromatic N) is 3. The summed E-state index contributed by atoms with van der Waals surface area (Å²) in [5, 5.41) is 20.4. The fourth-order valence-corrected chi connectivity index (χ4v) is 6.66. The van der Waals surface area contributed by atoms with Crippen LogP contribution in [0.5, 0.6) is 5.75 Å². The SMILES string of the molecule is COc1c(N2CCN(C(=O)C(CCCNC(NC(=O)OC(C)(C)C)NC(=O)OC(C)(C)C)NC(=O)OC(C)(C)C)C(C)C2)c(F)cc2c(=O)c(C(=O)O)cn(C3CC3)c12. The van der Waals surface area contributed by atoms with Crippen LogP contribution in [0.1, 0.15) is 111 Å². The summed E-state index contributed by atoms with van der Waals surface area (Å²) in [6.07, 6.45) is -0.334. The summed E-state index contributed by atoms with van der Waals surface area (Å²) in [7, 11) is 1.36. The van der Waals surface area contributed by atoms with Crippen molar-refractivity contribution in [1.29, 1.82) is 0 Å². The van der Waals surface area contributed by atoms with E-state index in [0.29, 0.717) is 5.52 Å². The topological polar surface area (TPSA) is 219 Å². The molecule has 2 heterocycles. The molecule has 59 heavy (non-hydrogen) atoms. The highest BCUT2D eigenvalue weighted by Gasteiger charge is 2.37. The summed E-state index contributed by atoms with van der Waals surface area (Å²) in [4.78, 5) is 80.8. The lowest BCUT2D eigenvalue weighted by atomic mass is 10.0. The lowest BCUT2D eigenvalue weighted by Gasteiger charge is -2.42. The molecule has 19 heteroatoms. The van der Waals surface area contributed by atoms with Gasteiger partial charge < -0.3 is 43.7 Å². The zero-order valence-corrected chi connectivity index (χ0v) is 35.9. The van der Waals surface area contributed by atoms with Gasteiger partial charge in [0.05, 0.1) is 18.0 Å². The molecule has 1 aliphatic carbocycles. The second kappa shape index (κ2) is 18.3. The Morgan fingerprint density at radius 3 is 1.90 bits per heavy atom. The van der Waals surface area contributed by atoms with Crippen molar-refractivity contribution in [2.24, 2.45) is 0 Å². The normalized spacial score (nSPS) is 16.7. The van der Waals surface area contributed by atoms with Crippen LogP contribution in [-0.4, -0.2) is 113 Å². The number of piperazine rings is 1. The summed E-state index contributed by atoms with van der Waals surface area (Å²) in [6, 6.07) is -0.582. The van der Waals surface area contributed by atoms with Crippen LogP contribution in [0.2, 0.25) is 0 Å². The number of benzene rings is 1. The molecule has 5 N–H and O–H groups in total. The van der Waals surface area contributed by atoms with Crippen LogP contribution < -0.4 is 36.3 Å². The molecule has 328 valence electrons. The van der Waals surface area contributed by atoms with E-state index in [0.717, 1.165) is 18.9 Å². The van der Waals surface area contributed by atoms with Gasteiger partial charge in [-0.3, -0.25) is 25.5 Å². The second-order valence-corrected chi connectivity index (χ2v) is 17.8. The smallest absolute Gasteiger partial charge is 0.410 e. The van der Waals surface area contributed by atoms with Crippen LogP contribution in [0.4, 0.5) is 24.5 Å². The fraction of sp³-hybridized carbons (Fsp3) is 0.650. The zero-order chi connectivity index (χ0) is 44.2. The van der Waals surface area contributed by atoms with Gasteiger partial charge in [-0.25, -0.2) is 23.6 Å². The molecule has 1 aromatic carbocycles.